The van der Waals surface area contributed by atoms with Crippen molar-refractivity contribution in [2.45, 2.75) is 59.4 Å². The van der Waals surface area contributed by atoms with Gasteiger partial charge in [0.05, 0.1) is 5.69 Å². The van der Waals surface area contributed by atoms with Crippen molar-refractivity contribution in [1.29, 1.82) is 0 Å². The molecular weight excluding hydrogens is 334 g/mol. The van der Waals surface area contributed by atoms with E-state index in [1.165, 1.54) is 25.7 Å². The average molecular weight is 359 g/mol. The SMILES string of the molecule is Cc1cc(Br)c(NC2CCCCC2C(C)(C)C)cc1Cl. The summed E-state index contributed by atoms with van der Waals surface area (Å²) in [5.74, 6) is 0.711. The monoisotopic (exact) mass is 357 g/mol. The van der Waals surface area contributed by atoms with E-state index < -0.39 is 0 Å². The van der Waals surface area contributed by atoms with Crippen molar-refractivity contribution >= 4 is 33.2 Å². The molecule has 1 saturated carbocycles. The first kappa shape index (κ1) is 16.2. The highest BCUT2D eigenvalue weighted by molar-refractivity contribution is 9.10. The normalized spacial score (nSPS) is 23.7. The van der Waals surface area contributed by atoms with Gasteiger partial charge in [0.2, 0.25) is 0 Å². The van der Waals surface area contributed by atoms with E-state index >= 15 is 0 Å². The Morgan fingerprint density at radius 1 is 1.20 bits per heavy atom. The summed E-state index contributed by atoms with van der Waals surface area (Å²) in [6.07, 6.45) is 5.25. The van der Waals surface area contributed by atoms with E-state index in [4.69, 9.17) is 11.6 Å². The van der Waals surface area contributed by atoms with Gasteiger partial charge in [0.15, 0.2) is 0 Å². The van der Waals surface area contributed by atoms with Gasteiger partial charge >= 0.3 is 0 Å². The number of nitrogens with one attached hydrogen (secondary N) is 1. The number of hydrogen-bond donors (Lipinski definition) is 1. The van der Waals surface area contributed by atoms with Crippen LogP contribution >= 0.6 is 27.5 Å². The first-order valence-electron chi connectivity index (χ1n) is 7.51. The van der Waals surface area contributed by atoms with Crippen LogP contribution in [0.4, 0.5) is 5.69 Å². The van der Waals surface area contributed by atoms with Crippen molar-refractivity contribution in [1.82, 2.24) is 0 Å². The van der Waals surface area contributed by atoms with Crippen molar-refractivity contribution < 1.29 is 0 Å². The number of rotatable bonds is 2. The zero-order chi connectivity index (χ0) is 14.9. The molecule has 1 N–H and O–H groups in total. The average Bonchev–Trinajstić information content (AvgIpc) is 2.35. The number of aryl methyl sites for hydroxylation is 1. The van der Waals surface area contributed by atoms with Gasteiger partial charge in [-0.05, 0) is 64.7 Å². The third-order valence-electron chi connectivity index (χ3n) is 4.47. The van der Waals surface area contributed by atoms with E-state index in [0.29, 0.717) is 17.4 Å². The van der Waals surface area contributed by atoms with E-state index in [1.54, 1.807) is 0 Å². The zero-order valence-electron chi connectivity index (χ0n) is 12.9. The summed E-state index contributed by atoms with van der Waals surface area (Å²) in [5, 5.41) is 4.57. The zero-order valence-corrected chi connectivity index (χ0v) is 15.2. The lowest BCUT2D eigenvalue weighted by Crippen LogP contribution is -2.39. The molecule has 0 aromatic heterocycles. The maximum Gasteiger partial charge on any atom is 0.0502 e. The fourth-order valence-corrected chi connectivity index (χ4v) is 4.03. The Bertz CT molecular complexity index is 479. The van der Waals surface area contributed by atoms with Gasteiger partial charge in [0.25, 0.3) is 0 Å². The summed E-state index contributed by atoms with van der Waals surface area (Å²) in [5.41, 5.74) is 2.58. The Labute approximate surface area is 136 Å². The molecule has 3 heteroatoms. The standard InChI is InChI=1S/C17H25BrClN/c1-11-9-13(18)16(10-14(11)19)20-15-8-6-5-7-12(15)17(2,3)4/h9-10,12,15,20H,5-8H2,1-4H3. The maximum atomic E-state index is 6.27. The van der Waals surface area contributed by atoms with Crippen molar-refractivity contribution in [3.63, 3.8) is 0 Å². The highest BCUT2D eigenvalue weighted by Crippen LogP contribution is 2.40. The summed E-state index contributed by atoms with van der Waals surface area (Å²) in [4.78, 5) is 0. The second-order valence-corrected chi connectivity index (χ2v) is 8.35. The molecule has 0 aliphatic heterocycles. The summed E-state index contributed by atoms with van der Waals surface area (Å²) in [7, 11) is 0. The third-order valence-corrected chi connectivity index (χ3v) is 5.53. The number of hydrogen-bond acceptors (Lipinski definition) is 1. The number of halogens is 2. The smallest absolute Gasteiger partial charge is 0.0502 e. The quantitative estimate of drug-likeness (QED) is 0.642. The highest BCUT2D eigenvalue weighted by atomic mass is 79.9. The van der Waals surface area contributed by atoms with Crippen LogP contribution in [0.15, 0.2) is 16.6 Å². The molecule has 0 saturated heterocycles. The van der Waals surface area contributed by atoms with Crippen LogP contribution in [0.2, 0.25) is 5.02 Å². The number of anilines is 1. The van der Waals surface area contributed by atoms with Gasteiger partial charge in [-0.2, -0.15) is 0 Å². The topological polar surface area (TPSA) is 12.0 Å². The van der Waals surface area contributed by atoms with Crippen LogP contribution in [0, 0.1) is 18.3 Å². The van der Waals surface area contributed by atoms with Gasteiger partial charge in [-0.1, -0.05) is 45.2 Å². The molecule has 2 rings (SSSR count). The lowest BCUT2D eigenvalue weighted by molar-refractivity contribution is 0.163. The van der Waals surface area contributed by atoms with Crippen LogP contribution in [-0.4, -0.2) is 6.04 Å². The first-order valence-corrected chi connectivity index (χ1v) is 8.68. The minimum Gasteiger partial charge on any atom is -0.381 e. The predicted molar refractivity (Wildman–Crippen MR) is 92.7 cm³/mol. The maximum absolute atomic E-state index is 6.27. The minimum absolute atomic E-state index is 0.346. The van der Waals surface area contributed by atoms with Gasteiger partial charge in [0, 0.05) is 15.5 Å². The summed E-state index contributed by atoms with van der Waals surface area (Å²) >= 11 is 9.93. The molecule has 1 aliphatic rings. The molecule has 1 aliphatic carbocycles. The van der Waals surface area contributed by atoms with Gasteiger partial charge in [0.1, 0.15) is 0 Å². The fourth-order valence-electron chi connectivity index (χ4n) is 3.30. The molecule has 1 aromatic rings. The summed E-state index contributed by atoms with van der Waals surface area (Å²) < 4.78 is 1.11. The van der Waals surface area contributed by atoms with E-state index in [1.807, 2.05) is 6.92 Å². The van der Waals surface area contributed by atoms with Gasteiger partial charge < -0.3 is 5.32 Å². The molecule has 2 unspecified atom stereocenters. The van der Waals surface area contributed by atoms with Crippen molar-refractivity contribution in [3.8, 4) is 0 Å². The molecule has 2 atom stereocenters. The van der Waals surface area contributed by atoms with Gasteiger partial charge in [-0.15, -0.1) is 0 Å². The lowest BCUT2D eigenvalue weighted by Gasteiger charge is -2.41. The lowest BCUT2D eigenvalue weighted by atomic mass is 9.69. The second-order valence-electron chi connectivity index (χ2n) is 7.09. The highest BCUT2D eigenvalue weighted by Gasteiger charge is 2.34. The van der Waals surface area contributed by atoms with Crippen LogP contribution in [-0.2, 0) is 0 Å². The molecule has 112 valence electrons. The van der Waals surface area contributed by atoms with E-state index in [9.17, 15) is 0 Å². The van der Waals surface area contributed by atoms with Crippen molar-refractivity contribution in [2.75, 3.05) is 5.32 Å². The Hall–Kier alpha value is -0.210. The molecule has 1 aromatic carbocycles. The Morgan fingerprint density at radius 3 is 2.50 bits per heavy atom. The Balaban J connectivity index is 2.21. The van der Waals surface area contributed by atoms with Crippen LogP contribution < -0.4 is 5.32 Å². The second kappa shape index (κ2) is 6.27. The minimum atomic E-state index is 0.346. The Morgan fingerprint density at radius 2 is 1.85 bits per heavy atom. The van der Waals surface area contributed by atoms with Crippen LogP contribution in [0.3, 0.4) is 0 Å². The van der Waals surface area contributed by atoms with E-state index in [0.717, 1.165) is 20.7 Å². The predicted octanol–water partition coefficient (Wildman–Crippen LogP) is 6.43. The molecular formula is C17H25BrClN. The Kier molecular flexibility index (Phi) is 5.07. The van der Waals surface area contributed by atoms with Crippen molar-refractivity contribution in [2.24, 2.45) is 11.3 Å². The molecule has 0 amide bonds. The third kappa shape index (κ3) is 3.71. The van der Waals surface area contributed by atoms with Gasteiger partial charge in [-0.25, -0.2) is 0 Å². The molecule has 0 radical (unpaired) electrons. The van der Waals surface area contributed by atoms with Crippen LogP contribution in [0.1, 0.15) is 52.0 Å². The summed E-state index contributed by atoms with van der Waals surface area (Å²) in [6.45, 7) is 9.11. The molecule has 1 nitrogen and oxygen atoms in total. The van der Waals surface area contributed by atoms with Crippen LogP contribution in [0.5, 0.6) is 0 Å². The molecule has 0 heterocycles. The van der Waals surface area contributed by atoms with Crippen LogP contribution in [0.25, 0.3) is 0 Å². The number of benzene rings is 1. The molecule has 20 heavy (non-hydrogen) atoms. The molecule has 1 fully saturated rings. The van der Waals surface area contributed by atoms with Crippen molar-refractivity contribution in [3.05, 3.63) is 27.2 Å². The van der Waals surface area contributed by atoms with E-state index in [2.05, 4.69) is 54.2 Å². The molecule has 0 spiro atoms. The first-order chi connectivity index (χ1) is 9.29. The fraction of sp³-hybridized carbons (Fsp3) is 0.647. The van der Waals surface area contributed by atoms with Gasteiger partial charge in [-0.3, -0.25) is 0 Å². The largest absolute Gasteiger partial charge is 0.381 e. The molecule has 0 bridgehead atoms. The van der Waals surface area contributed by atoms with E-state index in [-0.39, 0.29) is 0 Å². The summed E-state index contributed by atoms with van der Waals surface area (Å²) in [6, 6.07) is 4.69.